The lowest BCUT2D eigenvalue weighted by molar-refractivity contribution is -0.264. The Hall–Kier alpha value is -2.07. The molecule has 1 fully saturated rings. The van der Waals surface area contributed by atoms with Crippen molar-refractivity contribution in [2.75, 3.05) is 18.9 Å². The highest BCUT2D eigenvalue weighted by atomic mass is 31.3. The Balaban J connectivity index is 1.85. The van der Waals surface area contributed by atoms with Crippen molar-refractivity contribution in [1.82, 2.24) is 19.5 Å². The molecular weight excluding hydrogens is 562 g/mol. The molecule has 36 heavy (non-hydrogen) atoms. The number of H-pyrrole nitrogens is 1. The summed E-state index contributed by atoms with van der Waals surface area (Å²) in [7, 11) is -17.4. The number of hydrogen-bond acceptors (Lipinski definition) is 13. The zero-order chi connectivity index (χ0) is 27.3. The zero-order valence-corrected chi connectivity index (χ0v) is 20.0. The summed E-state index contributed by atoms with van der Waals surface area (Å²) in [6.45, 7) is -2.89. The molecule has 0 amide bonds. The number of hydrogen-bond donors (Lipinski definition) is 8. The number of nitrogens with two attached hydrogens (primary N) is 1. The Morgan fingerprint density at radius 3 is 2.53 bits per heavy atom. The van der Waals surface area contributed by atoms with E-state index in [0.29, 0.717) is 0 Å². The summed E-state index contributed by atoms with van der Waals surface area (Å²) in [5.41, 5.74) is -2.13. The summed E-state index contributed by atoms with van der Waals surface area (Å²) in [4.78, 5) is 57.4. The number of halogens is 1. The van der Waals surface area contributed by atoms with E-state index in [2.05, 4.69) is 28.1 Å². The van der Waals surface area contributed by atoms with Crippen molar-refractivity contribution in [1.29, 1.82) is 0 Å². The number of aromatic nitrogens is 4. The van der Waals surface area contributed by atoms with Crippen molar-refractivity contribution in [2.45, 2.75) is 23.6 Å². The fourth-order valence-electron chi connectivity index (χ4n) is 3.12. The number of terminal acetylenes is 1. The lowest BCUT2D eigenvalue weighted by Gasteiger charge is -2.46. The van der Waals surface area contributed by atoms with E-state index in [1.54, 1.807) is 5.92 Å². The molecule has 2 aromatic rings. The van der Waals surface area contributed by atoms with Crippen LogP contribution in [0.4, 0.5) is 10.3 Å². The van der Waals surface area contributed by atoms with E-state index in [0.717, 1.165) is 10.9 Å². The second-order valence-electron chi connectivity index (χ2n) is 7.21. The third-order valence-corrected chi connectivity index (χ3v) is 8.37. The van der Waals surface area contributed by atoms with Crippen molar-refractivity contribution in [3.05, 3.63) is 16.7 Å². The summed E-state index contributed by atoms with van der Waals surface area (Å²) in [6.07, 6.45) is 1.71. The van der Waals surface area contributed by atoms with Crippen LogP contribution < -0.4 is 11.3 Å². The van der Waals surface area contributed by atoms with Crippen LogP contribution in [-0.4, -0.2) is 79.9 Å². The Labute approximate surface area is 198 Å². The highest BCUT2D eigenvalue weighted by Crippen LogP contribution is 2.66. The molecule has 9 N–H and O–H groups in total. The number of phosphoric ester groups is 1. The number of nitrogen functional groups attached to an aromatic ring is 1. The monoisotopic (exact) mass is 579 g/mol. The fraction of sp³-hybridized carbons (Fsp3) is 0.462. The number of ether oxygens (including phenoxy) is 1. The number of aromatic amines is 1. The van der Waals surface area contributed by atoms with Gasteiger partial charge < -0.3 is 40.3 Å². The van der Waals surface area contributed by atoms with Gasteiger partial charge in [0, 0.05) is 0 Å². The molecule has 1 aliphatic heterocycles. The van der Waals surface area contributed by atoms with Crippen molar-refractivity contribution in [2.24, 2.45) is 0 Å². The Kier molecular flexibility index (Phi) is 7.40. The van der Waals surface area contributed by atoms with Gasteiger partial charge in [-0.3, -0.25) is 18.9 Å². The quantitative estimate of drug-likeness (QED) is 0.124. The minimum absolute atomic E-state index is 0.276. The molecule has 6 atom stereocenters. The Morgan fingerprint density at radius 1 is 1.31 bits per heavy atom. The van der Waals surface area contributed by atoms with E-state index in [4.69, 9.17) is 31.6 Å². The number of anilines is 1. The van der Waals surface area contributed by atoms with Crippen LogP contribution in [0.2, 0.25) is 0 Å². The first-order valence-corrected chi connectivity index (χ1v) is 13.5. The summed E-state index contributed by atoms with van der Waals surface area (Å²) < 4.78 is 66.7. The summed E-state index contributed by atoms with van der Waals surface area (Å²) in [6, 6.07) is 0. The van der Waals surface area contributed by atoms with E-state index >= 15 is 4.39 Å². The number of rotatable bonds is 8. The molecule has 0 aromatic carbocycles. The molecule has 3 rings (SSSR count). The summed E-state index contributed by atoms with van der Waals surface area (Å²) in [5, 5.41) is 21.5. The fourth-order valence-corrected chi connectivity index (χ4v) is 6.20. The molecule has 23 heteroatoms. The average Bonchev–Trinajstić information content (AvgIpc) is 3.12. The molecule has 19 nitrogen and oxygen atoms in total. The molecule has 6 unspecified atom stereocenters. The van der Waals surface area contributed by atoms with Gasteiger partial charge in [0.2, 0.25) is 5.95 Å². The van der Waals surface area contributed by atoms with Gasteiger partial charge in [-0.05, 0) is 0 Å². The van der Waals surface area contributed by atoms with Crippen molar-refractivity contribution in [3.63, 3.8) is 0 Å². The predicted molar refractivity (Wildman–Crippen MR) is 111 cm³/mol. The molecule has 0 radical (unpaired) electrons. The molecule has 0 aliphatic carbocycles. The third-order valence-electron chi connectivity index (χ3n) is 4.58. The van der Waals surface area contributed by atoms with Gasteiger partial charge in [0.1, 0.15) is 6.10 Å². The largest absolute Gasteiger partial charge is 0.490 e. The van der Waals surface area contributed by atoms with E-state index in [9.17, 15) is 33.6 Å². The van der Waals surface area contributed by atoms with E-state index in [1.165, 1.54) is 0 Å². The van der Waals surface area contributed by atoms with Crippen molar-refractivity contribution < 1.29 is 65.8 Å². The molecular formula is C13H17FN5O14P3. The minimum atomic E-state index is -5.90. The number of nitrogens with one attached hydrogen (secondary N) is 1. The maximum atomic E-state index is 15.5. The first kappa shape index (κ1) is 28.5. The second-order valence-corrected chi connectivity index (χ2v) is 11.6. The van der Waals surface area contributed by atoms with Crippen LogP contribution in [0.25, 0.3) is 11.2 Å². The van der Waals surface area contributed by atoms with E-state index < -0.39 is 65.8 Å². The minimum Gasteiger partial charge on any atom is -0.385 e. The molecule has 200 valence electrons. The predicted octanol–water partition coefficient (Wildman–Crippen LogP) is -1.99. The summed E-state index contributed by atoms with van der Waals surface area (Å²) >= 11 is 0. The number of alkyl halides is 1. The number of nitrogens with zero attached hydrogens (tertiary/aromatic N) is 3. The Morgan fingerprint density at radius 2 is 1.94 bits per heavy atom. The van der Waals surface area contributed by atoms with Crippen molar-refractivity contribution >= 4 is 40.6 Å². The first-order chi connectivity index (χ1) is 16.3. The lowest BCUT2D eigenvalue weighted by Crippen LogP contribution is -2.65. The molecule has 2 aromatic heterocycles. The molecule has 1 saturated heterocycles. The van der Waals surface area contributed by atoms with Gasteiger partial charge in [-0.15, -0.1) is 6.42 Å². The average molecular weight is 579 g/mol. The van der Waals surface area contributed by atoms with Gasteiger partial charge >= 0.3 is 23.5 Å². The third kappa shape index (κ3) is 5.74. The molecule has 0 saturated carbocycles. The highest BCUT2D eigenvalue weighted by molar-refractivity contribution is 7.66. The lowest BCUT2D eigenvalue weighted by atomic mass is 9.82. The van der Waals surface area contributed by atoms with Crippen LogP contribution in [0.15, 0.2) is 11.1 Å². The zero-order valence-electron chi connectivity index (χ0n) is 17.3. The van der Waals surface area contributed by atoms with Crippen molar-refractivity contribution in [3.8, 4) is 12.3 Å². The maximum Gasteiger partial charge on any atom is 0.490 e. The van der Waals surface area contributed by atoms with Crippen LogP contribution >= 0.6 is 23.5 Å². The number of phosphoric acid groups is 3. The van der Waals surface area contributed by atoms with Crippen LogP contribution in [0, 0.1) is 12.3 Å². The van der Waals surface area contributed by atoms with E-state index in [-0.39, 0.29) is 17.1 Å². The highest BCUT2D eigenvalue weighted by Gasteiger charge is 2.61. The number of imidazole rings is 1. The number of aliphatic hydroxyl groups excluding tert-OH is 1. The molecule has 3 heterocycles. The van der Waals surface area contributed by atoms with E-state index in [1.807, 2.05) is 0 Å². The maximum absolute atomic E-state index is 15.5. The molecule has 1 aliphatic rings. The molecule has 0 bridgehead atoms. The van der Waals surface area contributed by atoms with Gasteiger partial charge in [0.05, 0.1) is 19.5 Å². The van der Waals surface area contributed by atoms with Gasteiger partial charge in [0.25, 0.3) is 5.56 Å². The normalized spacial score (nSPS) is 30.4. The molecule has 0 spiro atoms. The number of fused-ring (bicyclic) bond motifs is 1. The van der Waals surface area contributed by atoms with Crippen LogP contribution in [0.5, 0.6) is 0 Å². The first-order valence-electron chi connectivity index (χ1n) is 9.02. The second kappa shape index (κ2) is 9.35. The van der Waals surface area contributed by atoms with Crippen LogP contribution in [0.3, 0.4) is 0 Å². The Bertz CT molecular complexity index is 1420. The topological polar surface area (TPSA) is 299 Å². The van der Waals surface area contributed by atoms with Gasteiger partial charge in [-0.2, -0.15) is 13.6 Å². The number of aliphatic hydroxyl groups is 2. The van der Waals surface area contributed by atoms with Crippen LogP contribution in [-0.2, 0) is 31.6 Å². The smallest absolute Gasteiger partial charge is 0.385 e. The van der Waals surface area contributed by atoms with Crippen LogP contribution in [0.1, 0.15) is 6.23 Å². The van der Waals surface area contributed by atoms with Gasteiger partial charge in [0.15, 0.2) is 28.7 Å². The standard InChI is InChI=1S/C13H17FN5O14P3/c1-2-13(22)9(21)12(14,4-31-35(26,27)33-36(28,29)32-34(23,24)25)3-30-10(13)19-5-16-6-7(19)17-11(15)18-8(6)20/h1,5,9-10,21-22H,3-4H2,(H,26,27)(H,28,29)(H2,23,24,25)(H3,15,17,18,20). The van der Waals surface area contributed by atoms with Gasteiger partial charge in [-0.1, -0.05) is 5.92 Å². The summed E-state index contributed by atoms with van der Waals surface area (Å²) in [5.74, 6) is 1.35. The van der Waals surface area contributed by atoms with Gasteiger partial charge in [-0.25, -0.2) is 23.1 Å². The SMILES string of the molecule is C#CC1(O)C(n2cnc3c(=O)[nH]c(N)nc32)OCC(F)(COP(=O)(O)OP(=O)(O)OP(=O)(O)O)C1O.